The molecule has 2 atom stereocenters. The van der Waals surface area contributed by atoms with Gasteiger partial charge in [0.1, 0.15) is 0 Å². The molecule has 0 saturated carbocycles. The molecule has 1 fully saturated rings. The van der Waals surface area contributed by atoms with Crippen LogP contribution in [0.3, 0.4) is 0 Å². The van der Waals surface area contributed by atoms with Crippen molar-refractivity contribution in [1.82, 2.24) is 15.1 Å². The van der Waals surface area contributed by atoms with Gasteiger partial charge >= 0.3 is 0 Å². The highest BCUT2D eigenvalue weighted by Crippen LogP contribution is 2.20. The molecule has 0 bridgehead atoms. The highest BCUT2D eigenvalue weighted by Gasteiger charge is 2.26. The van der Waals surface area contributed by atoms with E-state index < -0.39 is 11.6 Å². The van der Waals surface area contributed by atoms with Gasteiger partial charge in [-0.3, -0.25) is 4.99 Å². The summed E-state index contributed by atoms with van der Waals surface area (Å²) >= 11 is 0. The highest BCUT2D eigenvalue weighted by atomic mass is 19.2. The standard InChI is InChI=1S/C21H34F2N4/c1-5-24-21(27-11-10-17(15-27)14-26(6-2)7-3)25-13-16(4)18-8-9-19(22)20(23)12-18/h8-9,12,16-17H,5-7,10-11,13-15H2,1-4H3,(H,24,25). The first-order valence-electron chi connectivity index (χ1n) is 10.2. The molecule has 1 aromatic carbocycles. The number of benzene rings is 1. The number of likely N-dealkylation sites (tertiary alicyclic amines) is 1. The molecule has 1 aromatic rings. The van der Waals surface area contributed by atoms with Gasteiger partial charge in [0, 0.05) is 38.6 Å². The van der Waals surface area contributed by atoms with E-state index in [0.29, 0.717) is 12.5 Å². The van der Waals surface area contributed by atoms with E-state index in [1.54, 1.807) is 6.07 Å². The molecule has 1 aliphatic rings. The van der Waals surface area contributed by atoms with Gasteiger partial charge in [-0.15, -0.1) is 0 Å². The van der Waals surface area contributed by atoms with Gasteiger partial charge in [0.05, 0.1) is 0 Å². The third kappa shape index (κ3) is 6.16. The largest absolute Gasteiger partial charge is 0.357 e. The van der Waals surface area contributed by atoms with E-state index in [0.717, 1.165) is 50.8 Å². The van der Waals surface area contributed by atoms with Crippen molar-refractivity contribution in [3.05, 3.63) is 35.4 Å². The predicted octanol–water partition coefficient (Wildman–Crippen LogP) is 3.70. The first-order chi connectivity index (χ1) is 13.0. The Morgan fingerprint density at radius 2 is 2.00 bits per heavy atom. The van der Waals surface area contributed by atoms with Crippen LogP contribution >= 0.6 is 0 Å². The van der Waals surface area contributed by atoms with Crippen LogP contribution in [0.25, 0.3) is 0 Å². The maximum Gasteiger partial charge on any atom is 0.193 e. The summed E-state index contributed by atoms with van der Waals surface area (Å²) in [4.78, 5) is 9.58. The van der Waals surface area contributed by atoms with Crippen LogP contribution in [0.15, 0.2) is 23.2 Å². The predicted molar refractivity (Wildman–Crippen MR) is 108 cm³/mol. The molecule has 6 heteroatoms. The van der Waals surface area contributed by atoms with E-state index in [9.17, 15) is 8.78 Å². The fourth-order valence-corrected chi connectivity index (χ4v) is 3.59. The van der Waals surface area contributed by atoms with E-state index in [1.165, 1.54) is 18.6 Å². The third-order valence-corrected chi connectivity index (χ3v) is 5.36. The summed E-state index contributed by atoms with van der Waals surface area (Å²) in [5.74, 6) is 0.0160. The first-order valence-corrected chi connectivity index (χ1v) is 10.2. The van der Waals surface area contributed by atoms with Crippen LogP contribution in [0.2, 0.25) is 0 Å². The van der Waals surface area contributed by atoms with E-state index >= 15 is 0 Å². The van der Waals surface area contributed by atoms with Crippen LogP contribution in [0.5, 0.6) is 0 Å². The third-order valence-electron chi connectivity index (χ3n) is 5.36. The molecule has 0 aliphatic carbocycles. The topological polar surface area (TPSA) is 30.9 Å². The lowest BCUT2D eigenvalue weighted by molar-refractivity contribution is 0.255. The molecule has 0 aromatic heterocycles. The molecule has 4 nitrogen and oxygen atoms in total. The number of hydrogen-bond donors (Lipinski definition) is 1. The number of guanidine groups is 1. The molecular formula is C21H34F2N4. The van der Waals surface area contributed by atoms with Gasteiger partial charge in [-0.25, -0.2) is 8.78 Å². The number of aliphatic imine (C=N–C) groups is 1. The molecule has 1 heterocycles. The molecule has 0 radical (unpaired) electrons. The Hall–Kier alpha value is -1.69. The van der Waals surface area contributed by atoms with Crippen molar-refractivity contribution < 1.29 is 8.78 Å². The average Bonchev–Trinajstić information content (AvgIpc) is 3.13. The first kappa shape index (κ1) is 21.6. The fraction of sp³-hybridized carbons (Fsp3) is 0.667. The van der Waals surface area contributed by atoms with Crippen LogP contribution in [-0.4, -0.2) is 61.6 Å². The minimum atomic E-state index is -0.806. The van der Waals surface area contributed by atoms with Gasteiger partial charge in [-0.05, 0) is 50.0 Å². The Labute approximate surface area is 162 Å². The summed E-state index contributed by atoms with van der Waals surface area (Å²) in [5, 5.41) is 3.38. The van der Waals surface area contributed by atoms with E-state index in [-0.39, 0.29) is 5.92 Å². The molecule has 1 saturated heterocycles. The second-order valence-electron chi connectivity index (χ2n) is 7.36. The van der Waals surface area contributed by atoms with Crippen molar-refractivity contribution in [2.24, 2.45) is 10.9 Å². The van der Waals surface area contributed by atoms with E-state index in [2.05, 4.69) is 35.9 Å². The second kappa shape index (κ2) is 10.6. The molecule has 2 unspecified atom stereocenters. The maximum atomic E-state index is 13.5. The Bertz CT molecular complexity index is 616. The van der Waals surface area contributed by atoms with Gasteiger partial charge in [-0.1, -0.05) is 26.8 Å². The molecule has 27 heavy (non-hydrogen) atoms. The molecular weight excluding hydrogens is 346 g/mol. The summed E-state index contributed by atoms with van der Waals surface area (Å²) in [6.07, 6.45) is 1.18. The highest BCUT2D eigenvalue weighted by molar-refractivity contribution is 5.80. The smallest absolute Gasteiger partial charge is 0.193 e. The zero-order chi connectivity index (χ0) is 19.8. The van der Waals surface area contributed by atoms with Crippen molar-refractivity contribution in [2.75, 3.05) is 45.8 Å². The number of halogens is 2. The monoisotopic (exact) mass is 380 g/mol. The number of nitrogens with zero attached hydrogens (tertiary/aromatic N) is 3. The Morgan fingerprint density at radius 1 is 1.26 bits per heavy atom. The lowest BCUT2D eigenvalue weighted by atomic mass is 10.0. The van der Waals surface area contributed by atoms with Crippen molar-refractivity contribution in [3.8, 4) is 0 Å². The minimum Gasteiger partial charge on any atom is -0.357 e. The summed E-state index contributed by atoms with van der Waals surface area (Å²) in [7, 11) is 0. The Kier molecular flexibility index (Phi) is 8.48. The van der Waals surface area contributed by atoms with E-state index in [1.807, 2.05) is 6.92 Å². The molecule has 152 valence electrons. The van der Waals surface area contributed by atoms with Gasteiger partial charge in [-0.2, -0.15) is 0 Å². The molecule has 1 aliphatic heterocycles. The molecule has 0 spiro atoms. The van der Waals surface area contributed by atoms with Crippen molar-refractivity contribution in [3.63, 3.8) is 0 Å². The van der Waals surface area contributed by atoms with Crippen molar-refractivity contribution >= 4 is 5.96 Å². The van der Waals surface area contributed by atoms with Crippen molar-refractivity contribution in [2.45, 2.75) is 40.0 Å². The van der Waals surface area contributed by atoms with Gasteiger partial charge in [0.15, 0.2) is 17.6 Å². The Balaban J connectivity index is 1.98. The summed E-state index contributed by atoms with van der Waals surface area (Å²) < 4.78 is 26.6. The lowest BCUT2D eigenvalue weighted by Gasteiger charge is -2.24. The zero-order valence-electron chi connectivity index (χ0n) is 17.1. The molecule has 0 amide bonds. The SMILES string of the molecule is CCNC(=NCC(C)c1ccc(F)c(F)c1)N1CCC(CN(CC)CC)C1. The number of nitrogens with one attached hydrogen (secondary N) is 1. The molecule has 1 N–H and O–H groups in total. The summed E-state index contributed by atoms with van der Waals surface area (Å²) in [5.41, 5.74) is 0.773. The van der Waals surface area contributed by atoms with Crippen LogP contribution in [0.4, 0.5) is 8.78 Å². The van der Waals surface area contributed by atoms with Crippen LogP contribution < -0.4 is 5.32 Å². The molecule has 2 rings (SSSR count). The van der Waals surface area contributed by atoms with E-state index in [4.69, 9.17) is 4.99 Å². The van der Waals surface area contributed by atoms with Crippen LogP contribution in [0.1, 0.15) is 45.6 Å². The van der Waals surface area contributed by atoms with Crippen LogP contribution in [0, 0.1) is 17.6 Å². The average molecular weight is 381 g/mol. The number of rotatable bonds is 8. The van der Waals surface area contributed by atoms with Crippen LogP contribution in [-0.2, 0) is 0 Å². The van der Waals surface area contributed by atoms with Gasteiger partial charge in [0.2, 0.25) is 0 Å². The second-order valence-corrected chi connectivity index (χ2v) is 7.36. The fourth-order valence-electron chi connectivity index (χ4n) is 3.59. The van der Waals surface area contributed by atoms with Gasteiger partial charge in [0.25, 0.3) is 0 Å². The van der Waals surface area contributed by atoms with Crippen molar-refractivity contribution in [1.29, 1.82) is 0 Å². The maximum absolute atomic E-state index is 13.5. The minimum absolute atomic E-state index is 0.0304. The quantitative estimate of drug-likeness (QED) is 0.551. The number of hydrogen-bond acceptors (Lipinski definition) is 2. The normalized spacial score (nSPS) is 19.0. The van der Waals surface area contributed by atoms with Gasteiger partial charge < -0.3 is 15.1 Å². The Morgan fingerprint density at radius 3 is 2.63 bits per heavy atom. The summed E-state index contributed by atoms with van der Waals surface area (Å²) in [6.45, 7) is 15.2. The summed E-state index contributed by atoms with van der Waals surface area (Å²) in [6, 6.07) is 4.11. The zero-order valence-corrected chi connectivity index (χ0v) is 17.1. The lowest BCUT2D eigenvalue weighted by Crippen LogP contribution is -2.41.